The van der Waals surface area contributed by atoms with Crippen molar-refractivity contribution in [2.24, 2.45) is 5.73 Å². The molecular weight excluding hydrogens is 264 g/mol. The van der Waals surface area contributed by atoms with Crippen LogP contribution in [0, 0.1) is 0 Å². The Morgan fingerprint density at radius 2 is 1.81 bits per heavy atom. The van der Waals surface area contributed by atoms with E-state index >= 15 is 0 Å². The van der Waals surface area contributed by atoms with Crippen molar-refractivity contribution in [2.75, 3.05) is 18.6 Å². The lowest BCUT2D eigenvalue weighted by Crippen LogP contribution is -2.30. The van der Waals surface area contributed by atoms with Crippen LogP contribution in [0.25, 0.3) is 0 Å². The van der Waals surface area contributed by atoms with Gasteiger partial charge < -0.3 is 15.4 Å². The van der Waals surface area contributed by atoms with Crippen LogP contribution in [0.3, 0.4) is 0 Å². The van der Waals surface area contributed by atoms with Gasteiger partial charge in [-0.3, -0.25) is 4.79 Å². The van der Waals surface area contributed by atoms with Gasteiger partial charge in [-0.15, -0.1) is 0 Å². The normalized spacial score (nSPS) is 10.2. The van der Waals surface area contributed by atoms with Crippen molar-refractivity contribution >= 4 is 11.6 Å². The zero-order valence-electron chi connectivity index (χ0n) is 12.4. The third kappa shape index (κ3) is 3.23. The Bertz CT molecular complexity index is 608. The van der Waals surface area contributed by atoms with E-state index in [1.54, 1.807) is 24.1 Å². The fraction of sp³-hybridized carbons (Fsp3) is 0.235. The number of benzene rings is 2. The molecule has 0 aliphatic heterocycles. The Morgan fingerprint density at radius 1 is 1.14 bits per heavy atom. The Morgan fingerprint density at radius 3 is 2.38 bits per heavy atom. The number of methoxy groups -OCH3 is 1. The number of carbonyl (C=O) groups excluding carboxylic acids is 1. The average Bonchev–Trinajstić information content (AvgIpc) is 2.56. The minimum atomic E-state index is -0.0737. The summed E-state index contributed by atoms with van der Waals surface area (Å²) in [6.45, 7) is 3.02. The predicted octanol–water partition coefficient (Wildman–Crippen LogP) is 2.82. The summed E-state index contributed by atoms with van der Waals surface area (Å²) in [6.07, 6.45) is 0. The van der Waals surface area contributed by atoms with Crippen molar-refractivity contribution in [3.63, 3.8) is 0 Å². The lowest BCUT2D eigenvalue weighted by Gasteiger charge is -2.22. The molecule has 0 aliphatic carbocycles. The fourth-order valence-corrected chi connectivity index (χ4v) is 2.22. The van der Waals surface area contributed by atoms with Crippen LogP contribution in [0.5, 0.6) is 5.75 Å². The Kier molecular flexibility index (Phi) is 4.95. The highest BCUT2D eigenvalue weighted by Crippen LogP contribution is 2.23. The quantitative estimate of drug-likeness (QED) is 0.918. The molecule has 0 unspecified atom stereocenters. The van der Waals surface area contributed by atoms with Crippen LogP contribution >= 0.6 is 0 Å². The second-order valence-corrected chi connectivity index (χ2v) is 4.62. The van der Waals surface area contributed by atoms with Gasteiger partial charge in [0.1, 0.15) is 5.75 Å². The summed E-state index contributed by atoms with van der Waals surface area (Å²) in [5.74, 6) is 0.509. The number of para-hydroxylation sites is 1. The van der Waals surface area contributed by atoms with Gasteiger partial charge in [0, 0.05) is 18.8 Å². The van der Waals surface area contributed by atoms with E-state index in [0.29, 0.717) is 24.4 Å². The molecule has 2 aromatic rings. The monoisotopic (exact) mass is 284 g/mol. The standard InChI is InChI=1S/C17H20N2O2/c1-3-19(14-10-8-13(12-18)9-11-14)17(20)15-6-4-5-7-16(15)21-2/h4-11H,3,12,18H2,1-2H3. The summed E-state index contributed by atoms with van der Waals surface area (Å²) in [5, 5.41) is 0. The lowest BCUT2D eigenvalue weighted by molar-refractivity contribution is 0.0985. The minimum absolute atomic E-state index is 0.0737. The highest BCUT2D eigenvalue weighted by atomic mass is 16.5. The first-order valence-electron chi connectivity index (χ1n) is 6.95. The topological polar surface area (TPSA) is 55.6 Å². The minimum Gasteiger partial charge on any atom is -0.496 e. The van der Waals surface area contributed by atoms with Gasteiger partial charge in [-0.25, -0.2) is 0 Å². The number of carbonyl (C=O) groups is 1. The number of anilines is 1. The van der Waals surface area contributed by atoms with Gasteiger partial charge in [-0.05, 0) is 36.8 Å². The van der Waals surface area contributed by atoms with Gasteiger partial charge in [0.05, 0.1) is 12.7 Å². The van der Waals surface area contributed by atoms with Crippen molar-refractivity contribution in [3.8, 4) is 5.75 Å². The van der Waals surface area contributed by atoms with E-state index < -0.39 is 0 Å². The summed E-state index contributed by atoms with van der Waals surface area (Å²) in [4.78, 5) is 14.5. The molecule has 0 aromatic heterocycles. The largest absolute Gasteiger partial charge is 0.496 e. The van der Waals surface area contributed by atoms with Crippen LogP contribution in [0.1, 0.15) is 22.8 Å². The Hall–Kier alpha value is -2.33. The second kappa shape index (κ2) is 6.90. The molecule has 4 heteroatoms. The summed E-state index contributed by atoms with van der Waals surface area (Å²) >= 11 is 0. The molecule has 0 bridgehead atoms. The number of amides is 1. The molecule has 21 heavy (non-hydrogen) atoms. The number of nitrogens with two attached hydrogens (primary N) is 1. The average molecular weight is 284 g/mol. The molecule has 110 valence electrons. The van der Waals surface area contributed by atoms with E-state index in [4.69, 9.17) is 10.5 Å². The van der Waals surface area contributed by atoms with E-state index in [1.165, 1.54) is 0 Å². The maximum Gasteiger partial charge on any atom is 0.262 e. The number of nitrogens with zero attached hydrogens (tertiary/aromatic N) is 1. The molecule has 0 atom stereocenters. The first-order chi connectivity index (χ1) is 10.2. The molecule has 0 radical (unpaired) electrons. The zero-order chi connectivity index (χ0) is 15.2. The molecule has 0 saturated heterocycles. The van der Waals surface area contributed by atoms with Gasteiger partial charge in [0.2, 0.25) is 0 Å². The number of hydrogen-bond acceptors (Lipinski definition) is 3. The zero-order valence-corrected chi connectivity index (χ0v) is 12.4. The number of hydrogen-bond donors (Lipinski definition) is 1. The van der Waals surface area contributed by atoms with E-state index in [2.05, 4.69) is 0 Å². The SMILES string of the molecule is CCN(C(=O)c1ccccc1OC)c1ccc(CN)cc1. The molecule has 0 fully saturated rings. The van der Waals surface area contributed by atoms with Crippen LogP contribution in [0.2, 0.25) is 0 Å². The maximum atomic E-state index is 12.7. The Balaban J connectivity index is 2.33. The van der Waals surface area contributed by atoms with Crippen LogP contribution in [0.4, 0.5) is 5.69 Å². The molecule has 0 aliphatic rings. The van der Waals surface area contributed by atoms with Gasteiger partial charge in [0.15, 0.2) is 0 Å². The smallest absolute Gasteiger partial charge is 0.262 e. The first kappa shape index (κ1) is 15.1. The van der Waals surface area contributed by atoms with Gasteiger partial charge >= 0.3 is 0 Å². The second-order valence-electron chi connectivity index (χ2n) is 4.62. The van der Waals surface area contributed by atoms with E-state index in [-0.39, 0.29) is 5.91 Å². The molecule has 1 amide bonds. The predicted molar refractivity (Wildman–Crippen MR) is 84.7 cm³/mol. The highest BCUT2D eigenvalue weighted by Gasteiger charge is 2.19. The van der Waals surface area contributed by atoms with Gasteiger partial charge in [-0.2, -0.15) is 0 Å². The van der Waals surface area contributed by atoms with E-state index in [0.717, 1.165) is 11.3 Å². The number of ether oxygens (including phenoxy) is 1. The fourth-order valence-electron chi connectivity index (χ4n) is 2.22. The maximum absolute atomic E-state index is 12.7. The Labute approximate surface area is 125 Å². The van der Waals surface area contributed by atoms with Crippen molar-refractivity contribution in [1.29, 1.82) is 0 Å². The molecule has 0 saturated carbocycles. The van der Waals surface area contributed by atoms with Crippen molar-refractivity contribution in [2.45, 2.75) is 13.5 Å². The van der Waals surface area contributed by atoms with Crippen LogP contribution in [-0.4, -0.2) is 19.6 Å². The molecular formula is C17H20N2O2. The molecule has 2 N–H and O–H groups in total. The lowest BCUT2D eigenvalue weighted by atomic mass is 10.1. The van der Waals surface area contributed by atoms with Crippen LogP contribution in [0.15, 0.2) is 48.5 Å². The third-order valence-corrected chi connectivity index (χ3v) is 3.38. The van der Waals surface area contributed by atoms with Gasteiger partial charge in [0.25, 0.3) is 5.91 Å². The summed E-state index contributed by atoms with van der Waals surface area (Å²) in [5.41, 5.74) is 8.05. The van der Waals surface area contributed by atoms with Crippen molar-refractivity contribution in [3.05, 3.63) is 59.7 Å². The highest BCUT2D eigenvalue weighted by molar-refractivity contribution is 6.07. The first-order valence-corrected chi connectivity index (χ1v) is 6.95. The van der Waals surface area contributed by atoms with E-state index in [1.807, 2.05) is 43.3 Å². The molecule has 0 heterocycles. The summed E-state index contributed by atoms with van der Waals surface area (Å²) in [6, 6.07) is 15.0. The summed E-state index contributed by atoms with van der Waals surface area (Å²) in [7, 11) is 1.57. The molecule has 2 rings (SSSR count). The van der Waals surface area contributed by atoms with E-state index in [9.17, 15) is 4.79 Å². The van der Waals surface area contributed by atoms with Crippen molar-refractivity contribution in [1.82, 2.24) is 0 Å². The third-order valence-electron chi connectivity index (χ3n) is 3.38. The van der Waals surface area contributed by atoms with Crippen LogP contribution < -0.4 is 15.4 Å². The number of rotatable bonds is 5. The molecule has 4 nitrogen and oxygen atoms in total. The van der Waals surface area contributed by atoms with Crippen LogP contribution in [-0.2, 0) is 6.54 Å². The summed E-state index contributed by atoms with van der Waals surface area (Å²) < 4.78 is 5.27. The molecule has 2 aromatic carbocycles. The van der Waals surface area contributed by atoms with Gasteiger partial charge in [-0.1, -0.05) is 24.3 Å². The van der Waals surface area contributed by atoms with Crippen molar-refractivity contribution < 1.29 is 9.53 Å². The molecule has 0 spiro atoms.